The van der Waals surface area contributed by atoms with Crippen molar-refractivity contribution in [2.75, 3.05) is 46.4 Å². The molecule has 0 saturated carbocycles. The summed E-state index contributed by atoms with van der Waals surface area (Å²) in [6.07, 6.45) is 2.70. The number of hydrogen-bond acceptors (Lipinski definition) is 3. The number of nitrogens with zero attached hydrogens (tertiary/aromatic N) is 3. The van der Waals surface area contributed by atoms with Crippen LogP contribution in [0.1, 0.15) is 12.5 Å². The summed E-state index contributed by atoms with van der Waals surface area (Å²) in [5.74, 6) is 1.89. The predicted octanol–water partition coefficient (Wildman–Crippen LogP) is 2.15. The van der Waals surface area contributed by atoms with Crippen molar-refractivity contribution in [2.45, 2.75) is 13.3 Å². The number of nitrogens with one attached hydrogen (secondary N) is 1. The van der Waals surface area contributed by atoms with Crippen LogP contribution < -0.4 is 10.1 Å². The van der Waals surface area contributed by atoms with Gasteiger partial charge in [-0.2, -0.15) is 0 Å². The molecule has 0 aliphatic carbocycles. The van der Waals surface area contributed by atoms with Gasteiger partial charge in [0.15, 0.2) is 5.96 Å². The van der Waals surface area contributed by atoms with Gasteiger partial charge in [0, 0.05) is 46.2 Å². The molecule has 1 aliphatic heterocycles. The Balaban J connectivity index is 0.00000338. The molecule has 1 aliphatic rings. The molecule has 2 rings (SSSR count). The number of halogens is 1. The molecule has 0 unspecified atom stereocenters. The van der Waals surface area contributed by atoms with E-state index < -0.39 is 0 Å². The van der Waals surface area contributed by atoms with E-state index in [-0.39, 0.29) is 29.9 Å². The number of benzene rings is 1. The third-order valence-corrected chi connectivity index (χ3v) is 4.25. The lowest BCUT2D eigenvalue weighted by molar-refractivity contribution is -0.130. The van der Waals surface area contributed by atoms with E-state index in [2.05, 4.69) is 28.9 Å². The minimum absolute atomic E-state index is 0. The number of carbonyl (C=O) groups excluding carboxylic acids is 1. The quantitative estimate of drug-likeness (QED) is 0.299. The second kappa shape index (κ2) is 11.8. The van der Waals surface area contributed by atoms with Gasteiger partial charge in [-0.05, 0) is 24.1 Å². The molecule has 0 radical (unpaired) electrons. The Hall–Kier alpha value is -1.77. The van der Waals surface area contributed by atoms with E-state index in [1.54, 1.807) is 14.0 Å². The predicted molar refractivity (Wildman–Crippen MR) is 116 cm³/mol. The standard InChI is InChI=1S/C19H28N4O2.HI/c1-4-10-20-19(23-14-12-22(13-15-23)16(2)24)21-11-9-17-5-7-18(25-3)8-6-17;/h4-8H,1,9-15H2,2-3H3,(H,20,21);1H. The Labute approximate surface area is 173 Å². The first-order chi connectivity index (χ1) is 12.1. The molecule has 1 amide bonds. The zero-order valence-electron chi connectivity index (χ0n) is 15.6. The topological polar surface area (TPSA) is 57.2 Å². The molecule has 144 valence electrons. The highest BCUT2D eigenvalue weighted by molar-refractivity contribution is 14.0. The Bertz CT molecular complexity index is 596. The van der Waals surface area contributed by atoms with Crippen molar-refractivity contribution in [2.24, 2.45) is 4.99 Å². The largest absolute Gasteiger partial charge is 0.497 e. The summed E-state index contributed by atoms with van der Waals surface area (Å²) in [5, 5.41) is 3.32. The van der Waals surface area contributed by atoms with E-state index in [0.29, 0.717) is 13.1 Å². The molecule has 6 nitrogen and oxygen atoms in total. The normalized spacial score (nSPS) is 14.5. The average molecular weight is 472 g/mol. The third-order valence-electron chi connectivity index (χ3n) is 4.25. The zero-order chi connectivity index (χ0) is 18.1. The van der Waals surface area contributed by atoms with Gasteiger partial charge in [0.05, 0.1) is 7.11 Å². The summed E-state index contributed by atoms with van der Waals surface area (Å²) in [7, 11) is 1.67. The van der Waals surface area contributed by atoms with E-state index in [1.165, 1.54) is 5.56 Å². The second-order valence-corrected chi connectivity index (χ2v) is 5.97. The van der Waals surface area contributed by atoms with Crippen molar-refractivity contribution < 1.29 is 9.53 Å². The number of carbonyl (C=O) groups is 1. The maximum atomic E-state index is 11.5. The first-order valence-electron chi connectivity index (χ1n) is 8.66. The summed E-state index contributed by atoms with van der Waals surface area (Å²) in [6.45, 7) is 9.83. The lowest BCUT2D eigenvalue weighted by Crippen LogP contribution is -2.53. The minimum Gasteiger partial charge on any atom is -0.497 e. The number of ether oxygens (including phenoxy) is 1. The van der Waals surface area contributed by atoms with Crippen LogP contribution in [-0.4, -0.2) is 68.0 Å². The van der Waals surface area contributed by atoms with Crippen LogP contribution in [0.2, 0.25) is 0 Å². The van der Waals surface area contributed by atoms with Crippen molar-refractivity contribution in [1.29, 1.82) is 0 Å². The fourth-order valence-electron chi connectivity index (χ4n) is 2.75. The van der Waals surface area contributed by atoms with Crippen LogP contribution in [0, 0.1) is 0 Å². The molecule has 26 heavy (non-hydrogen) atoms. The van der Waals surface area contributed by atoms with E-state index in [0.717, 1.165) is 44.3 Å². The van der Waals surface area contributed by atoms with E-state index in [4.69, 9.17) is 9.73 Å². The highest BCUT2D eigenvalue weighted by atomic mass is 127. The summed E-state index contributed by atoms with van der Waals surface area (Å²) in [5.41, 5.74) is 1.23. The fourth-order valence-corrected chi connectivity index (χ4v) is 2.75. The molecule has 1 aromatic rings. The van der Waals surface area contributed by atoms with Gasteiger partial charge < -0.3 is 19.9 Å². The molecule has 7 heteroatoms. The molecule has 1 saturated heterocycles. The van der Waals surface area contributed by atoms with Crippen LogP contribution in [0.5, 0.6) is 5.75 Å². The molecule has 0 aromatic heterocycles. The van der Waals surface area contributed by atoms with Gasteiger partial charge >= 0.3 is 0 Å². The number of piperazine rings is 1. The lowest BCUT2D eigenvalue weighted by atomic mass is 10.1. The fraction of sp³-hybridized carbons (Fsp3) is 0.474. The smallest absolute Gasteiger partial charge is 0.219 e. The molecular formula is C19H29IN4O2. The lowest BCUT2D eigenvalue weighted by Gasteiger charge is -2.36. The monoisotopic (exact) mass is 472 g/mol. The van der Waals surface area contributed by atoms with E-state index >= 15 is 0 Å². The summed E-state index contributed by atoms with van der Waals surface area (Å²) in [6, 6.07) is 8.07. The molecule has 0 spiro atoms. The minimum atomic E-state index is 0. The molecular weight excluding hydrogens is 443 g/mol. The van der Waals surface area contributed by atoms with Crippen molar-refractivity contribution in [3.63, 3.8) is 0 Å². The first kappa shape index (κ1) is 22.3. The van der Waals surface area contributed by atoms with Crippen LogP contribution in [0.15, 0.2) is 41.9 Å². The third kappa shape index (κ3) is 6.86. The van der Waals surface area contributed by atoms with Crippen LogP contribution in [0.25, 0.3) is 0 Å². The average Bonchev–Trinajstić information content (AvgIpc) is 2.65. The van der Waals surface area contributed by atoms with Crippen molar-refractivity contribution in [1.82, 2.24) is 15.1 Å². The second-order valence-electron chi connectivity index (χ2n) is 5.97. The maximum Gasteiger partial charge on any atom is 0.219 e. The highest BCUT2D eigenvalue weighted by Crippen LogP contribution is 2.11. The molecule has 1 aromatic carbocycles. The first-order valence-corrected chi connectivity index (χ1v) is 8.66. The Morgan fingerprint density at radius 3 is 2.38 bits per heavy atom. The van der Waals surface area contributed by atoms with Crippen molar-refractivity contribution >= 4 is 35.8 Å². The van der Waals surface area contributed by atoms with Gasteiger partial charge in [0.25, 0.3) is 0 Å². The van der Waals surface area contributed by atoms with Gasteiger partial charge in [-0.1, -0.05) is 18.2 Å². The Kier molecular flexibility index (Phi) is 10.1. The molecule has 0 bridgehead atoms. The maximum absolute atomic E-state index is 11.5. The number of hydrogen-bond donors (Lipinski definition) is 1. The van der Waals surface area contributed by atoms with Gasteiger partial charge in [0.1, 0.15) is 5.75 Å². The Morgan fingerprint density at radius 2 is 1.85 bits per heavy atom. The SMILES string of the molecule is C=CCNC(=NCCc1ccc(OC)cc1)N1CCN(C(C)=O)CC1.I. The number of aliphatic imine (C=N–C) groups is 1. The zero-order valence-corrected chi connectivity index (χ0v) is 17.9. The number of methoxy groups -OCH3 is 1. The molecule has 1 fully saturated rings. The Morgan fingerprint density at radius 1 is 1.23 bits per heavy atom. The van der Waals surface area contributed by atoms with Gasteiger partial charge in [-0.3, -0.25) is 9.79 Å². The van der Waals surface area contributed by atoms with Crippen LogP contribution in [-0.2, 0) is 11.2 Å². The number of rotatable bonds is 6. The van der Waals surface area contributed by atoms with Crippen molar-refractivity contribution in [3.05, 3.63) is 42.5 Å². The van der Waals surface area contributed by atoms with Crippen LogP contribution >= 0.6 is 24.0 Å². The number of guanidine groups is 1. The molecule has 1 heterocycles. The molecule has 0 atom stereocenters. The van der Waals surface area contributed by atoms with E-state index in [9.17, 15) is 4.79 Å². The van der Waals surface area contributed by atoms with Crippen LogP contribution in [0.4, 0.5) is 0 Å². The summed E-state index contributed by atoms with van der Waals surface area (Å²) < 4.78 is 5.18. The molecule has 1 N–H and O–H groups in total. The number of amides is 1. The summed E-state index contributed by atoms with van der Waals surface area (Å²) >= 11 is 0. The van der Waals surface area contributed by atoms with Gasteiger partial charge in [0.2, 0.25) is 5.91 Å². The van der Waals surface area contributed by atoms with Gasteiger partial charge in [-0.15, -0.1) is 30.6 Å². The van der Waals surface area contributed by atoms with E-state index in [1.807, 2.05) is 23.1 Å². The highest BCUT2D eigenvalue weighted by Gasteiger charge is 2.20. The van der Waals surface area contributed by atoms with Crippen LogP contribution in [0.3, 0.4) is 0 Å². The van der Waals surface area contributed by atoms with Gasteiger partial charge in [-0.25, -0.2) is 0 Å². The summed E-state index contributed by atoms with van der Waals surface area (Å²) in [4.78, 5) is 20.3. The van der Waals surface area contributed by atoms with Crippen molar-refractivity contribution in [3.8, 4) is 5.75 Å².